The number of nitrogen functional groups attached to an aromatic ring is 1. The van der Waals surface area contributed by atoms with Gasteiger partial charge in [-0.05, 0) is 17.9 Å². The molecule has 102 valence electrons. The van der Waals surface area contributed by atoms with E-state index >= 15 is 0 Å². The lowest BCUT2D eigenvalue weighted by atomic mass is 10.1. The molecule has 0 aliphatic rings. The molecule has 1 rings (SSSR count). The third kappa shape index (κ3) is 4.47. The maximum absolute atomic E-state index is 5.93. The first-order valence-electron chi connectivity index (χ1n) is 6.62. The van der Waals surface area contributed by atoms with Gasteiger partial charge in [0.2, 0.25) is 0 Å². The van der Waals surface area contributed by atoms with Gasteiger partial charge in [-0.2, -0.15) is 0 Å². The fourth-order valence-corrected chi connectivity index (χ4v) is 2.07. The number of nitrogens with two attached hydrogens (primary N) is 1. The molecule has 0 saturated carbocycles. The Kier molecular flexibility index (Phi) is 5.32. The highest BCUT2D eigenvalue weighted by Gasteiger charge is 2.12. The Morgan fingerprint density at radius 2 is 1.61 bits per heavy atom. The van der Waals surface area contributed by atoms with Gasteiger partial charge >= 0.3 is 0 Å². The quantitative estimate of drug-likeness (QED) is 0.786. The topological polar surface area (TPSA) is 38.5 Å². The van der Waals surface area contributed by atoms with E-state index in [4.69, 9.17) is 10.5 Å². The van der Waals surface area contributed by atoms with Crippen LogP contribution < -0.4 is 15.4 Å². The summed E-state index contributed by atoms with van der Waals surface area (Å²) in [6.07, 6.45) is 0. The number of ether oxygens (including phenoxy) is 1. The van der Waals surface area contributed by atoms with E-state index in [1.807, 2.05) is 12.1 Å². The highest BCUT2D eigenvalue weighted by molar-refractivity contribution is 5.60. The van der Waals surface area contributed by atoms with Crippen LogP contribution in [0.25, 0.3) is 0 Å². The van der Waals surface area contributed by atoms with E-state index < -0.39 is 0 Å². The monoisotopic (exact) mass is 250 g/mol. The summed E-state index contributed by atoms with van der Waals surface area (Å²) in [5, 5.41) is 0. The van der Waals surface area contributed by atoms with E-state index in [-0.39, 0.29) is 0 Å². The molecule has 0 aliphatic heterocycles. The number of rotatable bonds is 6. The molecule has 18 heavy (non-hydrogen) atoms. The SMILES string of the molecule is COc1cc(N)cc(N(CC(C)C)CC(C)C)c1. The van der Waals surface area contributed by atoms with Gasteiger partial charge in [0.15, 0.2) is 0 Å². The lowest BCUT2D eigenvalue weighted by Crippen LogP contribution is -2.31. The Hall–Kier alpha value is -1.38. The summed E-state index contributed by atoms with van der Waals surface area (Å²) in [7, 11) is 1.67. The van der Waals surface area contributed by atoms with Crippen molar-refractivity contribution in [2.45, 2.75) is 27.7 Å². The lowest BCUT2D eigenvalue weighted by Gasteiger charge is -2.29. The highest BCUT2D eigenvalue weighted by atomic mass is 16.5. The average Bonchev–Trinajstić information content (AvgIpc) is 2.26. The molecule has 2 N–H and O–H groups in total. The Morgan fingerprint density at radius 3 is 2.06 bits per heavy atom. The van der Waals surface area contributed by atoms with Crippen molar-refractivity contribution < 1.29 is 4.74 Å². The minimum absolute atomic E-state index is 0.621. The van der Waals surface area contributed by atoms with Crippen LogP contribution in [0.1, 0.15) is 27.7 Å². The molecule has 0 heterocycles. The summed E-state index contributed by atoms with van der Waals surface area (Å²) < 4.78 is 5.29. The molecule has 3 nitrogen and oxygen atoms in total. The van der Waals surface area contributed by atoms with Gasteiger partial charge in [-0.3, -0.25) is 0 Å². The van der Waals surface area contributed by atoms with Crippen LogP contribution in [-0.4, -0.2) is 20.2 Å². The van der Waals surface area contributed by atoms with Crippen LogP contribution in [0.2, 0.25) is 0 Å². The van der Waals surface area contributed by atoms with Crippen LogP contribution in [0.5, 0.6) is 5.75 Å². The molecule has 0 bridgehead atoms. The number of methoxy groups -OCH3 is 1. The molecule has 0 saturated heterocycles. The van der Waals surface area contributed by atoms with E-state index in [1.165, 1.54) is 0 Å². The largest absolute Gasteiger partial charge is 0.497 e. The second-order valence-electron chi connectivity index (χ2n) is 5.66. The maximum Gasteiger partial charge on any atom is 0.122 e. The first-order valence-corrected chi connectivity index (χ1v) is 6.62. The van der Waals surface area contributed by atoms with Gasteiger partial charge in [-0.1, -0.05) is 27.7 Å². The van der Waals surface area contributed by atoms with Crippen molar-refractivity contribution in [1.82, 2.24) is 0 Å². The van der Waals surface area contributed by atoms with E-state index in [2.05, 4.69) is 38.7 Å². The van der Waals surface area contributed by atoms with Crippen molar-refractivity contribution in [3.05, 3.63) is 18.2 Å². The van der Waals surface area contributed by atoms with E-state index in [0.29, 0.717) is 11.8 Å². The molecule has 0 unspecified atom stereocenters. The summed E-state index contributed by atoms with van der Waals surface area (Å²) in [5.41, 5.74) is 7.83. The van der Waals surface area contributed by atoms with Crippen LogP contribution in [-0.2, 0) is 0 Å². The summed E-state index contributed by atoms with van der Waals surface area (Å²) in [4.78, 5) is 2.38. The summed E-state index contributed by atoms with van der Waals surface area (Å²) in [6, 6.07) is 5.93. The Labute approximate surface area is 111 Å². The van der Waals surface area contributed by atoms with Gasteiger partial charge in [0, 0.05) is 36.6 Å². The molecule has 3 heteroatoms. The molecule has 0 amide bonds. The van der Waals surface area contributed by atoms with Gasteiger partial charge < -0.3 is 15.4 Å². The number of hydrogen-bond donors (Lipinski definition) is 1. The third-order valence-electron chi connectivity index (χ3n) is 2.69. The molecular formula is C15H26N2O. The number of nitrogens with zero attached hydrogens (tertiary/aromatic N) is 1. The van der Waals surface area contributed by atoms with Crippen LogP contribution in [0.4, 0.5) is 11.4 Å². The zero-order chi connectivity index (χ0) is 13.7. The van der Waals surface area contributed by atoms with Crippen molar-refractivity contribution in [3.63, 3.8) is 0 Å². The smallest absolute Gasteiger partial charge is 0.122 e. The minimum Gasteiger partial charge on any atom is -0.497 e. The van der Waals surface area contributed by atoms with E-state index in [9.17, 15) is 0 Å². The van der Waals surface area contributed by atoms with Gasteiger partial charge in [0.25, 0.3) is 0 Å². The first kappa shape index (κ1) is 14.7. The number of hydrogen-bond acceptors (Lipinski definition) is 3. The van der Waals surface area contributed by atoms with Crippen LogP contribution in [0, 0.1) is 11.8 Å². The predicted molar refractivity (Wildman–Crippen MR) is 79.3 cm³/mol. The van der Waals surface area contributed by atoms with Crippen LogP contribution in [0.15, 0.2) is 18.2 Å². The second-order valence-corrected chi connectivity index (χ2v) is 5.66. The molecule has 0 fully saturated rings. The zero-order valence-electron chi connectivity index (χ0n) is 12.2. The Balaban J connectivity index is 2.99. The van der Waals surface area contributed by atoms with Gasteiger partial charge in [-0.15, -0.1) is 0 Å². The molecule has 1 aromatic rings. The fourth-order valence-electron chi connectivity index (χ4n) is 2.07. The second kappa shape index (κ2) is 6.53. The van der Waals surface area contributed by atoms with Gasteiger partial charge in [-0.25, -0.2) is 0 Å². The van der Waals surface area contributed by atoms with Crippen molar-refractivity contribution in [3.8, 4) is 5.75 Å². The van der Waals surface area contributed by atoms with Crippen molar-refractivity contribution in [1.29, 1.82) is 0 Å². The molecule has 0 radical (unpaired) electrons. The van der Waals surface area contributed by atoms with Crippen molar-refractivity contribution in [2.75, 3.05) is 30.8 Å². The number of anilines is 2. The molecule has 0 aromatic heterocycles. The third-order valence-corrected chi connectivity index (χ3v) is 2.69. The van der Waals surface area contributed by atoms with Gasteiger partial charge in [0.05, 0.1) is 7.11 Å². The lowest BCUT2D eigenvalue weighted by molar-refractivity contribution is 0.415. The summed E-state index contributed by atoms with van der Waals surface area (Å²) >= 11 is 0. The van der Waals surface area contributed by atoms with Crippen LogP contribution in [0.3, 0.4) is 0 Å². The Bertz CT molecular complexity index is 365. The maximum atomic E-state index is 5.93. The summed E-state index contributed by atoms with van der Waals surface area (Å²) in [6.45, 7) is 11.0. The zero-order valence-corrected chi connectivity index (χ0v) is 12.2. The highest BCUT2D eigenvalue weighted by Crippen LogP contribution is 2.26. The molecule has 0 aliphatic carbocycles. The van der Waals surface area contributed by atoms with E-state index in [1.54, 1.807) is 7.11 Å². The first-order chi connectivity index (χ1) is 8.42. The molecule has 0 atom stereocenters. The predicted octanol–water partition coefficient (Wildman–Crippen LogP) is 3.40. The molecule has 0 spiro atoms. The standard InChI is InChI=1S/C15H26N2O/c1-11(2)9-17(10-12(3)4)14-6-13(16)7-15(8-14)18-5/h6-8,11-12H,9-10,16H2,1-5H3. The van der Waals surface area contributed by atoms with Crippen molar-refractivity contribution in [2.24, 2.45) is 11.8 Å². The molecule has 1 aromatic carbocycles. The minimum atomic E-state index is 0.621. The summed E-state index contributed by atoms with van der Waals surface area (Å²) in [5.74, 6) is 2.06. The number of benzene rings is 1. The van der Waals surface area contributed by atoms with Crippen molar-refractivity contribution >= 4 is 11.4 Å². The van der Waals surface area contributed by atoms with Crippen LogP contribution >= 0.6 is 0 Å². The fraction of sp³-hybridized carbons (Fsp3) is 0.600. The van der Waals surface area contributed by atoms with Gasteiger partial charge in [0.1, 0.15) is 5.75 Å². The average molecular weight is 250 g/mol. The normalized spacial score (nSPS) is 11.1. The van der Waals surface area contributed by atoms with E-state index in [0.717, 1.165) is 30.2 Å². The Morgan fingerprint density at radius 1 is 1.06 bits per heavy atom. The molecular weight excluding hydrogens is 224 g/mol.